The minimum atomic E-state index is -1.20. The molecule has 1 spiro atoms. The first-order chi connectivity index (χ1) is 18.8. The third kappa shape index (κ3) is 4.06. The lowest BCUT2D eigenvalue weighted by molar-refractivity contribution is 0.0117. The second-order valence-corrected chi connectivity index (χ2v) is 10.7. The van der Waals surface area contributed by atoms with Crippen LogP contribution in [0, 0.1) is 0 Å². The molecule has 1 aromatic carbocycles. The number of likely N-dealkylation sites (N-methyl/N-ethyl adjacent to an activating group) is 1. The molecule has 39 heavy (non-hydrogen) atoms. The molecule has 2 amide bonds. The number of aromatic nitrogens is 1. The van der Waals surface area contributed by atoms with Gasteiger partial charge in [0.15, 0.2) is 17.6 Å². The van der Waals surface area contributed by atoms with E-state index in [0.717, 1.165) is 31.2 Å². The van der Waals surface area contributed by atoms with Crippen LogP contribution in [-0.2, 0) is 12.8 Å². The summed E-state index contributed by atoms with van der Waals surface area (Å²) in [5, 5.41) is 17.9. The van der Waals surface area contributed by atoms with Gasteiger partial charge in [0.05, 0.1) is 12.1 Å². The maximum absolute atomic E-state index is 13.5. The zero-order chi connectivity index (χ0) is 27.3. The second kappa shape index (κ2) is 9.53. The molecular weight excluding hydrogens is 498 g/mol. The first-order valence-electron chi connectivity index (χ1n) is 13.3. The molecule has 1 saturated heterocycles. The Morgan fingerprint density at radius 1 is 1.18 bits per heavy atom. The Hall–Kier alpha value is -4.19. The number of aliphatic imine (C=N–C) groups is 2. The molecule has 0 saturated carbocycles. The number of hydrogen-bond acceptors (Lipinski definition) is 10. The van der Waals surface area contributed by atoms with E-state index in [9.17, 15) is 14.7 Å². The van der Waals surface area contributed by atoms with E-state index >= 15 is 0 Å². The van der Waals surface area contributed by atoms with Crippen LogP contribution in [0.2, 0.25) is 0 Å². The van der Waals surface area contributed by atoms with Crippen LogP contribution in [0.15, 0.2) is 52.6 Å². The number of benzene rings is 1. The molecular formula is C27H33N9O3. The highest BCUT2D eigenvalue weighted by atomic mass is 16.3. The van der Waals surface area contributed by atoms with Crippen LogP contribution in [0.1, 0.15) is 44.8 Å². The van der Waals surface area contributed by atoms with Crippen LogP contribution in [0.4, 0.5) is 0 Å². The molecule has 12 heteroatoms. The summed E-state index contributed by atoms with van der Waals surface area (Å²) in [6, 6.07) is 9.07. The highest BCUT2D eigenvalue weighted by molar-refractivity contribution is 5.97. The molecule has 1 aromatic heterocycles. The van der Waals surface area contributed by atoms with Crippen molar-refractivity contribution in [1.82, 2.24) is 25.4 Å². The average molecular weight is 532 g/mol. The highest BCUT2D eigenvalue weighted by Gasteiger charge is 2.65. The molecule has 4 heterocycles. The molecule has 4 aliphatic rings. The Balaban J connectivity index is 1.24. The molecule has 0 radical (unpaired) electrons. The number of guanidine groups is 2. The van der Waals surface area contributed by atoms with Gasteiger partial charge in [-0.2, -0.15) is 0 Å². The number of carbonyl (C=O) groups is 2. The van der Waals surface area contributed by atoms with Gasteiger partial charge < -0.3 is 37.0 Å². The van der Waals surface area contributed by atoms with E-state index in [0.29, 0.717) is 11.3 Å². The van der Waals surface area contributed by atoms with E-state index < -0.39 is 29.9 Å². The summed E-state index contributed by atoms with van der Waals surface area (Å²) in [4.78, 5) is 43.0. The lowest BCUT2D eigenvalue weighted by Crippen LogP contribution is -2.73. The fraction of sp³-hybridized carbons (Fsp3) is 0.444. The van der Waals surface area contributed by atoms with Crippen molar-refractivity contribution < 1.29 is 14.7 Å². The fourth-order valence-electron chi connectivity index (χ4n) is 6.48. The SMILES string of the molecule is CN(C[C@@H]1N=C(N)N2CC(NC(=O)c3cccc4c3CCCC4)[C@@H](O)C23NC(N)=NC13)C(=O)c1ccccn1. The van der Waals surface area contributed by atoms with Crippen molar-refractivity contribution in [1.29, 1.82) is 0 Å². The van der Waals surface area contributed by atoms with Gasteiger partial charge in [0.25, 0.3) is 11.8 Å². The van der Waals surface area contributed by atoms with Crippen molar-refractivity contribution in [3.63, 3.8) is 0 Å². The van der Waals surface area contributed by atoms with Gasteiger partial charge in [-0.05, 0) is 55.0 Å². The van der Waals surface area contributed by atoms with Crippen LogP contribution in [0.3, 0.4) is 0 Å². The minimum absolute atomic E-state index is 0.141. The number of nitrogens with zero attached hydrogens (tertiary/aromatic N) is 5. The predicted molar refractivity (Wildman–Crippen MR) is 145 cm³/mol. The van der Waals surface area contributed by atoms with Crippen LogP contribution in [0.25, 0.3) is 0 Å². The number of carbonyl (C=O) groups excluding carboxylic acids is 2. The summed E-state index contributed by atoms with van der Waals surface area (Å²) in [5.41, 5.74) is 14.6. The Bertz CT molecular complexity index is 1360. The van der Waals surface area contributed by atoms with Gasteiger partial charge in [0.2, 0.25) is 0 Å². The van der Waals surface area contributed by atoms with E-state index in [4.69, 9.17) is 11.5 Å². The molecule has 3 unspecified atom stereocenters. The van der Waals surface area contributed by atoms with Gasteiger partial charge in [0.1, 0.15) is 17.8 Å². The largest absolute Gasteiger partial charge is 0.386 e. The van der Waals surface area contributed by atoms with E-state index in [-0.39, 0.29) is 36.8 Å². The predicted octanol–water partition coefficient (Wildman–Crippen LogP) is -0.813. The molecule has 1 aliphatic carbocycles. The van der Waals surface area contributed by atoms with Gasteiger partial charge in [0, 0.05) is 31.9 Å². The molecule has 6 rings (SSSR count). The Morgan fingerprint density at radius 3 is 2.79 bits per heavy atom. The summed E-state index contributed by atoms with van der Waals surface area (Å²) in [5.74, 6) is -0.181. The molecule has 5 atom stereocenters. The van der Waals surface area contributed by atoms with Gasteiger partial charge in [-0.1, -0.05) is 18.2 Å². The standard InChI is InChI=1S/C27H33N9O3/c1-35(24(39)18-11-4-5-12-30-18)13-19-21-27(34-25(28)33-21)22(37)20(14-36(27)26(29)32-19)31-23(38)17-10-6-8-15-7-2-3-9-16(15)17/h4-6,8,10-12,19-22,37H,2-3,7,9,13-14H2,1H3,(H2,29,32)(H,31,38)(H3,28,33,34)/t19-,20?,21?,22+,27?/m0/s1. The number of aliphatic hydroxyl groups is 1. The number of nitrogens with one attached hydrogen (secondary N) is 2. The zero-order valence-corrected chi connectivity index (χ0v) is 21.7. The number of nitrogens with two attached hydrogens (primary N) is 2. The normalized spacial score (nSPS) is 28.8. The monoisotopic (exact) mass is 531 g/mol. The van der Waals surface area contributed by atoms with Gasteiger partial charge >= 0.3 is 0 Å². The molecule has 0 bridgehead atoms. The number of aryl methyl sites for hydroxylation is 1. The van der Waals surface area contributed by atoms with E-state index in [1.165, 1.54) is 10.5 Å². The average Bonchev–Trinajstić information content (AvgIpc) is 3.44. The maximum Gasteiger partial charge on any atom is 0.272 e. The van der Waals surface area contributed by atoms with Crippen molar-refractivity contribution in [2.45, 2.75) is 55.6 Å². The van der Waals surface area contributed by atoms with Crippen molar-refractivity contribution in [3.05, 3.63) is 65.0 Å². The van der Waals surface area contributed by atoms with Gasteiger partial charge in [-0.25, -0.2) is 9.98 Å². The summed E-state index contributed by atoms with van der Waals surface area (Å²) >= 11 is 0. The highest BCUT2D eigenvalue weighted by Crippen LogP contribution is 2.40. The van der Waals surface area contributed by atoms with E-state index in [1.807, 2.05) is 12.1 Å². The number of pyridine rings is 1. The zero-order valence-electron chi connectivity index (χ0n) is 21.7. The maximum atomic E-state index is 13.5. The fourth-order valence-corrected chi connectivity index (χ4v) is 6.48. The minimum Gasteiger partial charge on any atom is -0.386 e. The van der Waals surface area contributed by atoms with Crippen LogP contribution < -0.4 is 22.1 Å². The molecule has 12 nitrogen and oxygen atoms in total. The Labute approximate surface area is 226 Å². The number of fused-ring (bicyclic) bond motifs is 1. The van der Waals surface area contributed by atoms with Gasteiger partial charge in [-0.15, -0.1) is 0 Å². The second-order valence-electron chi connectivity index (χ2n) is 10.7. The Kier molecular flexibility index (Phi) is 6.13. The quantitative estimate of drug-likeness (QED) is 0.333. The van der Waals surface area contributed by atoms with E-state index in [1.54, 1.807) is 36.3 Å². The summed E-state index contributed by atoms with van der Waals surface area (Å²) in [7, 11) is 1.66. The molecule has 2 aromatic rings. The summed E-state index contributed by atoms with van der Waals surface area (Å²) in [6.07, 6.45) is 4.45. The molecule has 204 valence electrons. The number of rotatable bonds is 5. The van der Waals surface area contributed by atoms with Crippen LogP contribution in [-0.4, -0.2) is 93.7 Å². The summed E-state index contributed by atoms with van der Waals surface area (Å²) < 4.78 is 0. The topological polar surface area (TPSA) is 175 Å². The molecule has 3 aliphatic heterocycles. The first-order valence-corrected chi connectivity index (χ1v) is 13.3. The smallest absolute Gasteiger partial charge is 0.272 e. The van der Waals surface area contributed by atoms with Crippen LogP contribution >= 0.6 is 0 Å². The van der Waals surface area contributed by atoms with Crippen molar-refractivity contribution in [2.24, 2.45) is 21.5 Å². The third-order valence-electron chi connectivity index (χ3n) is 8.30. The summed E-state index contributed by atoms with van der Waals surface area (Å²) in [6.45, 7) is 0.397. The first kappa shape index (κ1) is 25.1. The van der Waals surface area contributed by atoms with Crippen molar-refractivity contribution in [3.8, 4) is 0 Å². The molecule has 7 N–H and O–H groups in total. The number of amides is 2. The Morgan fingerprint density at radius 2 is 2.00 bits per heavy atom. The molecule has 1 fully saturated rings. The van der Waals surface area contributed by atoms with Crippen LogP contribution in [0.5, 0.6) is 0 Å². The third-order valence-corrected chi connectivity index (χ3v) is 8.30. The van der Waals surface area contributed by atoms with Crippen molar-refractivity contribution >= 4 is 23.7 Å². The lowest BCUT2D eigenvalue weighted by atomic mass is 9.87. The van der Waals surface area contributed by atoms with E-state index in [2.05, 4.69) is 31.7 Å². The van der Waals surface area contributed by atoms with Gasteiger partial charge in [-0.3, -0.25) is 14.6 Å². The lowest BCUT2D eigenvalue weighted by Gasteiger charge is -2.46. The number of hydrogen-bond donors (Lipinski definition) is 5. The number of aliphatic hydroxyl groups excluding tert-OH is 1. The van der Waals surface area contributed by atoms with Crippen molar-refractivity contribution in [2.75, 3.05) is 20.1 Å².